The highest BCUT2D eigenvalue weighted by molar-refractivity contribution is 14.0. The molecule has 0 aliphatic heterocycles. The van der Waals surface area contributed by atoms with Gasteiger partial charge in [-0.15, -0.1) is 24.0 Å². The van der Waals surface area contributed by atoms with Gasteiger partial charge in [-0.3, -0.25) is 10.3 Å². The Kier molecular flexibility index (Phi) is 9.87. The molecule has 6 nitrogen and oxygen atoms in total. The second-order valence-electron chi connectivity index (χ2n) is 6.99. The average molecular weight is 514 g/mol. The third kappa shape index (κ3) is 7.88. The number of guanidine groups is 1. The van der Waals surface area contributed by atoms with Crippen molar-refractivity contribution in [2.75, 3.05) is 26.0 Å². The molecule has 2 rings (SSSR count). The van der Waals surface area contributed by atoms with Crippen molar-refractivity contribution in [3.8, 4) is 0 Å². The van der Waals surface area contributed by atoms with E-state index in [0.29, 0.717) is 24.7 Å². The number of hydrogen-bond donors (Lipinski definition) is 3. The van der Waals surface area contributed by atoms with Gasteiger partial charge in [0, 0.05) is 31.2 Å². The van der Waals surface area contributed by atoms with E-state index in [9.17, 15) is 9.18 Å². The Morgan fingerprint density at radius 3 is 2.41 bits per heavy atom. The van der Waals surface area contributed by atoms with E-state index >= 15 is 0 Å². The molecule has 8 heteroatoms. The molecule has 0 saturated carbocycles. The minimum atomic E-state index is -0.503. The summed E-state index contributed by atoms with van der Waals surface area (Å²) in [6, 6.07) is 14.1. The highest BCUT2D eigenvalue weighted by Crippen LogP contribution is 2.22. The van der Waals surface area contributed by atoms with Crippen LogP contribution in [0.25, 0.3) is 0 Å². The van der Waals surface area contributed by atoms with Crippen LogP contribution in [0.2, 0.25) is 0 Å². The van der Waals surface area contributed by atoms with E-state index in [-0.39, 0.29) is 35.2 Å². The van der Waals surface area contributed by atoms with E-state index < -0.39 is 6.09 Å². The van der Waals surface area contributed by atoms with E-state index in [2.05, 4.69) is 39.5 Å². The minimum Gasteiger partial charge on any atom is -0.453 e. The van der Waals surface area contributed by atoms with Gasteiger partial charge in [0.25, 0.3) is 0 Å². The number of amides is 1. The van der Waals surface area contributed by atoms with E-state index in [1.807, 2.05) is 18.2 Å². The predicted molar refractivity (Wildman–Crippen MR) is 126 cm³/mol. The lowest BCUT2D eigenvalue weighted by Crippen LogP contribution is -2.43. The van der Waals surface area contributed by atoms with Crippen LogP contribution in [0.1, 0.15) is 25.0 Å². The first kappa shape index (κ1) is 24.7. The molecule has 0 aliphatic rings. The van der Waals surface area contributed by atoms with E-state index in [1.54, 1.807) is 31.3 Å². The fourth-order valence-corrected chi connectivity index (χ4v) is 2.60. The Morgan fingerprint density at radius 2 is 1.83 bits per heavy atom. The average Bonchev–Trinajstić information content (AvgIpc) is 2.69. The highest BCUT2D eigenvalue weighted by atomic mass is 127. The Bertz CT molecular complexity index is 826. The molecule has 0 saturated heterocycles. The zero-order valence-electron chi connectivity index (χ0n) is 17.1. The predicted octanol–water partition coefficient (Wildman–Crippen LogP) is 4.26. The lowest BCUT2D eigenvalue weighted by atomic mass is 9.84. The second-order valence-corrected chi connectivity index (χ2v) is 6.99. The number of anilines is 1. The van der Waals surface area contributed by atoms with Crippen molar-refractivity contribution in [1.29, 1.82) is 0 Å². The SMILES string of the molecule is CN=C(NCc1ccc(NC(=O)OC)cc1)NCC(C)(C)c1cccc(F)c1.I. The van der Waals surface area contributed by atoms with Gasteiger partial charge in [0.2, 0.25) is 0 Å². The van der Waals surface area contributed by atoms with E-state index in [1.165, 1.54) is 13.2 Å². The van der Waals surface area contributed by atoms with Crippen molar-refractivity contribution in [1.82, 2.24) is 10.6 Å². The first-order valence-corrected chi connectivity index (χ1v) is 8.98. The first-order valence-electron chi connectivity index (χ1n) is 8.98. The Balaban J connectivity index is 0.00000420. The maximum Gasteiger partial charge on any atom is 0.411 e. The summed E-state index contributed by atoms with van der Waals surface area (Å²) >= 11 is 0. The lowest BCUT2D eigenvalue weighted by molar-refractivity contribution is 0.187. The molecule has 0 radical (unpaired) electrons. The van der Waals surface area contributed by atoms with Gasteiger partial charge in [-0.05, 0) is 35.4 Å². The summed E-state index contributed by atoms with van der Waals surface area (Å²) in [5.74, 6) is 0.416. The summed E-state index contributed by atoms with van der Waals surface area (Å²) in [5, 5.41) is 9.14. The molecule has 0 fully saturated rings. The monoisotopic (exact) mass is 514 g/mol. The molecule has 0 heterocycles. The molecular weight excluding hydrogens is 486 g/mol. The van der Waals surface area contributed by atoms with Crippen LogP contribution in [-0.2, 0) is 16.7 Å². The van der Waals surface area contributed by atoms with Gasteiger partial charge in [-0.1, -0.05) is 38.1 Å². The van der Waals surface area contributed by atoms with Crippen molar-refractivity contribution in [3.05, 3.63) is 65.5 Å². The quantitative estimate of drug-likeness (QED) is 0.306. The molecule has 0 unspecified atom stereocenters. The molecule has 0 aliphatic carbocycles. The maximum absolute atomic E-state index is 13.5. The molecule has 0 atom stereocenters. The fourth-order valence-electron chi connectivity index (χ4n) is 2.60. The third-order valence-corrected chi connectivity index (χ3v) is 4.37. The van der Waals surface area contributed by atoms with Gasteiger partial charge in [0.1, 0.15) is 5.82 Å². The van der Waals surface area contributed by atoms with Gasteiger partial charge < -0.3 is 15.4 Å². The number of rotatable bonds is 6. The summed E-state index contributed by atoms with van der Waals surface area (Å²) in [5.41, 5.74) is 2.35. The third-order valence-electron chi connectivity index (χ3n) is 4.37. The van der Waals surface area contributed by atoms with Gasteiger partial charge >= 0.3 is 6.09 Å². The first-order chi connectivity index (χ1) is 13.3. The van der Waals surface area contributed by atoms with Crippen molar-refractivity contribution < 1.29 is 13.9 Å². The van der Waals surface area contributed by atoms with Crippen molar-refractivity contribution in [2.45, 2.75) is 25.8 Å². The highest BCUT2D eigenvalue weighted by Gasteiger charge is 2.21. The number of carbonyl (C=O) groups excluding carboxylic acids is 1. The van der Waals surface area contributed by atoms with Crippen LogP contribution in [0.4, 0.5) is 14.9 Å². The Morgan fingerprint density at radius 1 is 1.14 bits per heavy atom. The molecule has 29 heavy (non-hydrogen) atoms. The summed E-state index contributed by atoms with van der Waals surface area (Å²) in [4.78, 5) is 15.4. The topological polar surface area (TPSA) is 74.8 Å². The number of nitrogens with one attached hydrogen (secondary N) is 3. The van der Waals surface area contributed by atoms with Crippen LogP contribution in [0.5, 0.6) is 0 Å². The molecule has 0 bridgehead atoms. The van der Waals surface area contributed by atoms with Crippen LogP contribution in [0.3, 0.4) is 0 Å². The van der Waals surface area contributed by atoms with E-state index in [0.717, 1.165) is 11.1 Å². The zero-order chi connectivity index (χ0) is 20.6. The standard InChI is InChI=1S/C21H27FN4O2.HI/c1-21(2,16-6-5-7-17(22)12-16)14-25-19(23-3)24-13-15-8-10-18(11-9-15)26-20(27)28-4;/h5-12H,13-14H2,1-4H3,(H,26,27)(H2,23,24,25);1H. The smallest absolute Gasteiger partial charge is 0.411 e. The lowest BCUT2D eigenvalue weighted by Gasteiger charge is -2.27. The van der Waals surface area contributed by atoms with Gasteiger partial charge in [0.05, 0.1) is 7.11 Å². The summed E-state index contributed by atoms with van der Waals surface area (Å²) < 4.78 is 18.1. The number of halogens is 2. The molecule has 3 N–H and O–H groups in total. The number of methoxy groups -OCH3 is 1. The van der Waals surface area contributed by atoms with E-state index in [4.69, 9.17) is 0 Å². The maximum atomic E-state index is 13.5. The molecule has 0 aromatic heterocycles. The molecular formula is C21H28FIN4O2. The molecule has 0 spiro atoms. The van der Waals surface area contributed by atoms with Crippen molar-refractivity contribution >= 4 is 41.7 Å². The Hall–Kier alpha value is -2.36. The number of aliphatic imine (C=N–C) groups is 1. The number of ether oxygens (including phenoxy) is 1. The van der Waals surface area contributed by atoms with Crippen molar-refractivity contribution in [3.63, 3.8) is 0 Å². The van der Waals surface area contributed by atoms with Gasteiger partial charge in [-0.25, -0.2) is 9.18 Å². The summed E-state index contributed by atoms with van der Waals surface area (Å²) in [6.07, 6.45) is -0.503. The fraction of sp³-hybridized carbons (Fsp3) is 0.333. The molecule has 158 valence electrons. The molecule has 2 aromatic carbocycles. The molecule has 2 aromatic rings. The van der Waals surface area contributed by atoms with Crippen LogP contribution in [0, 0.1) is 5.82 Å². The summed E-state index contributed by atoms with van der Waals surface area (Å²) in [7, 11) is 3.02. The second kappa shape index (κ2) is 11.6. The van der Waals surface area contributed by atoms with Crippen LogP contribution in [0.15, 0.2) is 53.5 Å². The van der Waals surface area contributed by atoms with Crippen molar-refractivity contribution in [2.24, 2.45) is 4.99 Å². The van der Waals surface area contributed by atoms with Crippen LogP contribution >= 0.6 is 24.0 Å². The largest absolute Gasteiger partial charge is 0.453 e. The van der Waals surface area contributed by atoms with Crippen LogP contribution in [-0.4, -0.2) is 32.8 Å². The van der Waals surface area contributed by atoms with Gasteiger partial charge in [-0.2, -0.15) is 0 Å². The van der Waals surface area contributed by atoms with Gasteiger partial charge in [0.15, 0.2) is 5.96 Å². The number of nitrogens with zero attached hydrogens (tertiary/aromatic N) is 1. The number of carbonyl (C=O) groups is 1. The summed E-state index contributed by atoms with van der Waals surface area (Å²) in [6.45, 7) is 5.26. The number of benzene rings is 2. The minimum absolute atomic E-state index is 0. The zero-order valence-corrected chi connectivity index (χ0v) is 19.4. The van der Waals surface area contributed by atoms with Crippen LogP contribution < -0.4 is 16.0 Å². The number of hydrogen-bond acceptors (Lipinski definition) is 3. The normalized spacial score (nSPS) is 11.3. The Labute approximate surface area is 188 Å². The molecule has 1 amide bonds.